The highest BCUT2D eigenvalue weighted by molar-refractivity contribution is 5.95. The van der Waals surface area contributed by atoms with E-state index in [2.05, 4.69) is 9.47 Å². The minimum atomic E-state index is -1.11. The summed E-state index contributed by atoms with van der Waals surface area (Å²) in [5.41, 5.74) is 0. The number of nitrogens with zero attached hydrogens (tertiary/aromatic N) is 1. The maximum atomic E-state index is 11.2. The van der Waals surface area contributed by atoms with Gasteiger partial charge in [0.15, 0.2) is 5.92 Å². The topological polar surface area (TPSA) is 76.4 Å². The second kappa shape index (κ2) is 6.89. The Bertz CT molecular complexity index is 226. The van der Waals surface area contributed by atoms with Crippen molar-refractivity contribution in [3.8, 4) is 6.07 Å². The minimum absolute atomic E-state index is 0.181. The molecule has 0 unspecified atom stereocenters. The fraction of sp³-hybridized carbons (Fsp3) is 0.667. The van der Waals surface area contributed by atoms with Gasteiger partial charge in [0.25, 0.3) is 0 Å². The number of ether oxygens (including phenoxy) is 2. The van der Waals surface area contributed by atoms with Gasteiger partial charge in [-0.2, -0.15) is 5.26 Å². The van der Waals surface area contributed by atoms with Gasteiger partial charge in [-0.05, 0) is 13.8 Å². The maximum Gasteiger partial charge on any atom is 0.321 e. The second-order valence-corrected chi connectivity index (χ2v) is 2.42. The van der Waals surface area contributed by atoms with Gasteiger partial charge in [-0.1, -0.05) is 0 Å². The molecule has 5 nitrogen and oxygen atoms in total. The number of hydrogen-bond donors (Lipinski definition) is 0. The van der Waals surface area contributed by atoms with Crippen LogP contribution in [0.4, 0.5) is 0 Å². The van der Waals surface area contributed by atoms with Gasteiger partial charge in [-0.3, -0.25) is 9.59 Å². The Balaban J connectivity index is 4.35. The highest BCUT2D eigenvalue weighted by Gasteiger charge is 2.28. The monoisotopic (exact) mass is 199 g/mol. The van der Waals surface area contributed by atoms with Crippen molar-refractivity contribution in [3.63, 3.8) is 0 Å². The van der Waals surface area contributed by atoms with Gasteiger partial charge in [0.2, 0.25) is 0 Å². The van der Waals surface area contributed by atoms with E-state index in [-0.39, 0.29) is 19.6 Å². The van der Waals surface area contributed by atoms with Gasteiger partial charge in [-0.15, -0.1) is 0 Å². The summed E-state index contributed by atoms with van der Waals surface area (Å²) in [6.07, 6.45) is -0.211. The Kier molecular flexibility index (Phi) is 6.12. The molecule has 0 heterocycles. The first kappa shape index (κ1) is 12.4. The molecule has 0 saturated heterocycles. The summed E-state index contributed by atoms with van der Waals surface area (Å²) in [6.45, 7) is 3.62. The van der Waals surface area contributed by atoms with Crippen molar-refractivity contribution in [2.75, 3.05) is 13.2 Å². The lowest BCUT2D eigenvalue weighted by Gasteiger charge is -2.10. The van der Waals surface area contributed by atoms with Gasteiger partial charge >= 0.3 is 11.9 Å². The summed E-state index contributed by atoms with van der Waals surface area (Å²) in [5.74, 6) is -2.51. The first-order valence-corrected chi connectivity index (χ1v) is 4.37. The SMILES string of the molecule is CCOC(=O)C(CC#N)C(=O)OCC. The number of hydrogen-bond acceptors (Lipinski definition) is 5. The molecule has 0 aromatic carbocycles. The van der Waals surface area contributed by atoms with Crippen LogP contribution in [0, 0.1) is 17.2 Å². The van der Waals surface area contributed by atoms with Crippen molar-refractivity contribution in [2.24, 2.45) is 5.92 Å². The molecule has 0 spiro atoms. The molecule has 0 atom stereocenters. The molecule has 0 aliphatic carbocycles. The Morgan fingerprint density at radius 1 is 1.21 bits per heavy atom. The standard InChI is InChI=1S/C9H13NO4/c1-3-13-8(11)7(5-6-10)9(12)14-4-2/h7H,3-5H2,1-2H3. The van der Waals surface area contributed by atoms with Gasteiger partial charge < -0.3 is 9.47 Å². The molecule has 0 aromatic heterocycles. The smallest absolute Gasteiger partial charge is 0.321 e. The van der Waals surface area contributed by atoms with E-state index < -0.39 is 17.9 Å². The summed E-state index contributed by atoms with van der Waals surface area (Å²) in [4.78, 5) is 22.4. The van der Waals surface area contributed by atoms with Crippen LogP contribution in [0.15, 0.2) is 0 Å². The first-order valence-electron chi connectivity index (χ1n) is 4.37. The molecule has 14 heavy (non-hydrogen) atoms. The molecule has 0 N–H and O–H groups in total. The van der Waals surface area contributed by atoms with Crippen molar-refractivity contribution < 1.29 is 19.1 Å². The lowest BCUT2D eigenvalue weighted by molar-refractivity contribution is -0.161. The van der Waals surface area contributed by atoms with Crippen LogP contribution in [-0.4, -0.2) is 25.2 Å². The van der Waals surface area contributed by atoms with Crippen LogP contribution >= 0.6 is 0 Å². The Hall–Kier alpha value is -1.57. The van der Waals surface area contributed by atoms with Crippen LogP contribution in [0.25, 0.3) is 0 Å². The molecule has 0 fully saturated rings. The van der Waals surface area contributed by atoms with E-state index in [1.54, 1.807) is 19.9 Å². The third-order valence-electron chi connectivity index (χ3n) is 1.44. The molecule has 0 amide bonds. The molecule has 78 valence electrons. The van der Waals surface area contributed by atoms with Gasteiger partial charge in [0.05, 0.1) is 25.7 Å². The first-order chi connectivity index (χ1) is 6.67. The third kappa shape index (κ3) is 3.90. The number of rotatable bonds is 5. The van der Waals surface area contributed by atoms with Crippen LogP contribution in [0.5, 0.6) is 0 Å². The predicted molar refractivity (Wildman–Crippen MR) is 47.0 cm³/mol. The fourth-order valence-electron chi connectivity index (χ4n) is 0.840. The lowest BCUT2D eigenvalue weighted by Crippen LogP contribution is -2.27. The fourth-order valence-corrected chi connectivity index (χ4v) is 0.840. The Labute approximate surface area is 82.6 Å². The van der Waals surface area contributed by atoms with E-state index in [4.69, 9.17) is 5.26 Å². The van der Waals surface area contributed by atoms with E-state index >= 15 is 0 Å². The van der Waals surface area contributed by atoms with Gasteiger partial charge in [0, 0.05) is 0 Å². The summed E-state index contributed by atoms with van der Waals surface area (Å²) < 4.78 is 9.27. The number of carbonyl (C=O) groups is 2. The van der Waals surface area contributed by atoms with Crippen molar-refractivity contribution in [1.82, 2.24) is 0 Å². The molecule has 0 aliphatic heterocycles. The second-order valence-electron chi connectivity index (χ2n) is 2.42. The average Bonchev–Trinajstić information content (AvgIpc) is 2.14. The minimum Gasteiger partial charge on any atom is -0.465 e. The van der Waals surface area contributed by atoms with Crippen LogP contribution in [-0.2, 0) is 19.1 Å². The Morgan fingerprint density at radius 2 is 1.64 bits per heavy atom. The molecule has 0 bridgehead atoms. The quantitative estimate of drug-likeness (QED) is 0.479. The highest BCUT2D eigenvalue weighted by Crippen LogP contribution is 2.07. The number of carbonyl (C=O) groups excluding carboxylic acids is 2. The van der Waals surface area contributed by atoms with E-state index in [0.717, 1.165) is 0 Å². The van der Waals surface area contributed by atoms with Crippen LogP contribution in [0.3, 0.4) is 0 Å². The molecule has 0 aliphatic rings. The van der Waals surface area contributed by atoms with E-state index in [0.29, 0.717) is 0 Å². The summed E-state index contributed by atoms with van der Waals surface area (Å²) in [5, 5.41) is 8.41. The molecule has 0 aromatic rings. The van der Waals surface area contributed by atoms with Crippen LogP contribution in [0.2, 0.25) is 0 Å². The molecule has 0 rings (SSSR count). The average molecular weight is 199 g/mol. The van der Waals surface area contributed by atoms with Crippen LogP contribution < -0.4 is 0 Å². The lowest BCUT2D eigenvalue weighted by atomic mass is 10.1. The number of nitriles is 1. The van der Waals surface area contributed by atoms with E-state index in [1.165, 1.54) is 0 Å². The molecular formula is C9H13NO4. The van der Waals surface area contributed by atoms with Crippen molar-refractivity contribution in [2.45, 2.75) is 20.3 Å². The van der Waals surface area contributed by atoms with E-state index in [9.17, 15) is 9.59 Å². The van der Waals surface area contributed by atoms with Gasteiger partial charge in [0.1, 0.15) is 0 Å². The third-order valence-corrected chi connectivity index (χ3v) is 1.44. The highest BCUT2D eigenvalue weighted by atomic mass is 16.6. The largest absolute Gasteiger partial charge is 0.465 e. The number of esters is 2. The summed E-state index contributed by atoms with van der Waals surface area (Å²) in [6, 6.07) is 1.74. The van der Waals surface area contributed by atoms with Crippen molar-refractivity contribution in [3.05, 3.63) is 0 Å². The maximum absolute atomic E-state index is 11.2. The van der Waals surface area contributed by atoms with Gasteiger partial charge in [-0.25, -0.2) is 0 Å². The zero-order valence-electron chi connectivity index (χ0n) is 8.28. The normalized spacial score (nSPS) is 9.29. The Morgan fingerprint density at radius 3 is 1.93 bits per heavy atom. The molecular weight excluding hydrogens is 186 g/mol. The zero-order chi connectivity index (χ0) is 11.0. The summed E-state index contributed by atoms with van der Waals surface area (Å²) >= 11 is 0. The van der Waals surface area contributed by atoms with E-state index in [1.807, 2.05) is 0 Å². The molecule has 0 saturated carbocycles. The predicted octanol–water partition coefficient (Wildman–Crippen LogP) is 0.642. The molecule has 5 heteroatoms. The van der Waals surface area contributed by atoms with Crippen LogP contribution in [0.1, 0.15) is 20.3 Å². The van der Waals surface area contributed by atoms with Crippen molar-refractivity contribution >= 4 is 11.9 Å². The van der Waals surface area contributed by atoms with Crippen molar-refractivity contribution in [1.29, 1.82) is 5.26 Å². The summed E-state index contributed by atoms with van der Waals surface area (Å²) in [7, 11) is 0. The molecule has 0 radical (unpaired) electrons. The zero-order valence-corrected chi connectivity index (χ0v) is 8.28.